The van der Waals surface area contributed by atoms with Crippen molar-refractivity contribution >= 4 is 5.91 Å². The van der Waals surface area contributed by atoms with Gasteiger partial charge in [-0.15, -0.1) is 0 Å². The predicted octanol–water partition coefficient (Wildman–Crippen LogP) is 2.12. The van der Waals surface area contributed by atoms with Gasteiger partial charge in [0.25, 0.3) is 0 Å². The Kier molecular flexibility index (Phi) is 6.23. The summed E-state index contributed by atoms with van der Waals surface area (Å²) in [5.41, 5.74) is -1.23. The van der Waals surface area contributed by atoms with E-state index in [1.54, 1.807) is 26.0 Å². The van der Waals surface area contributed by atoms with Crippen molar-refractivity contribution in [3.63, 3.8) is 0 Å². The summed E-state index contributed by atoms with van der Waals surface area (Å²) in [6, 6.07) is 3.49. The van der Waals surface area contributed by atoms with Gasteiger partial charge in [0.1, 0.15) is 23.2 Å². The van der Waals surface area contributed by atoms with Gasteiger partial charge in [0.2, 0.25) is 5.91 Å². The summed E-state index contributed by atoms with van der Waals surface area (Å²) in [6.07, 6.45) is 1.44. The molecule has 2 atom stereocenters. The van der Waals surface area contributed by atoms with Crippen molar-refractivity contribution in [2.75, 3.05) is 13.2 Å². The number of carbonyl (C=O) groups excluding carboxylic acids is 1. The van der Waals surface area contributed by atoms with Gasteiger partial charge in [0, 0.05) is 6.61 Å². The van der Waals surface area contributed by atoms with Crippen LogP contribution in [0.4, 0.5) is 0 Å². The first-order valence-electron chi connectivity index (χ1n) is 7.05. The lowest BCUT2D eigenvalue weighted by atomic mass is 10.0. The molecular weight excluding hydrogens is 258 g/mol. The summed E-state index contributed by atoms with van der Waals surface area (Å²) in [5, 5.41) is 13.0. The number of furan rings is 1. The number of nitrogens with one attached hydrogen (secondary N) is 1. The number of hydrogen-bond acceptors (Lipinski definition) is 4. The van der Waals surface area contributed by atoms with E-state index in [1.807, 2.05) is 6.92 Å². The molecule has 0 radical (unpaired) electrons. The zero-order valence-electron chi connectivity index (χ0n) is 12.7. The van der Waals surface area contributed by atoms with Crippen LogP contribution in [0.25, 0.3) is 0 Å². The van der Waals surface area contributed by atoms with Gasteiger partial charge in [-0.25, -0.2) is 0 Å². The Bertz CT molecular complexity index is 425. The number of unbranched alkanes of at least 4 members (excludes halogenated alkanes) is 1. The maximum atomic E-state index is 11.8. The second-order valence-electron chi connectivity index (χ2n) is 5.27. The molecule has 0 fully saturated rings. The monoisotopic (exact) mass is 283 g/mol. The van der Waals surface area contributed by atoms with Crippen LogP contribution in [0.1, 0.15) is 45.1 Å². The van der Waals surface area contributed by atoms with Crippen molar-refractivity contribution in [2.45, 2.75) is 52.2 Å². The highest BCUT2D eigenvalue weighted by atomic mass is 16.5. The zero-order chi connectivity index (χ0) is 15.2. The number of rotatable bonds is 8. The molecule has 1 aromatic rings. The molecule has 0 aliphatic rings. The third-order valence-corrected chi connectivity index (χ3v) is 3.11. The third kappa shape index (κ3) is 4.98. The standard InChI is InChI=1S/C15H25NO4/c1-5-6-9-19-12(3)14(17)16-10-15(4,18)13-8-7-11(2)20-13/h7-8,12,18H,5-6,9-10H2,1-4H3,(H,16,17). The largest absolute Gasteiger partial charge is 0.463 e. The van der Waals surface area contributed by atoms with Gasteiger partial charge in [-0.2, -0.15) is 0 Å². The van der Waals surface area contributed by atoms with Gasteiger partial charge in [-0.3, -0.25) is 4.79 Å². The lowest BCUT2D eigenvalue weighted by Gasteiger charge is -2.22. The van der Waals surface area contributed by atoms with E-state index in [1.165, 1.54) is 0 Å². The second kappa shape index (κ2) is 7.45. The number of aliphatic hydroxyl groups is 1. The summed E-state index contributed by atoms with van der Waals surface area (Å²) in [5.74, 6) is 0.933. The van der Waals surface area contributed by atoms with Crippen molar-refractivity contribution < 1.29 is 19.1 Å². The minimum absolute atomic E-state index is 0.0836. The Labute approximate surface area is 120 Å². The van der Waals surface area contributed by atoms with Gasteiger partial charge < -0.3 is 19.6 Å². The average Bonchev–Trinajstić information content (AvgIpc) is 2.83. The van der Waals surface area contributed by atoms with E-state index < -0.39 is 11.7 Å². The van der Waals surface area contributed by atoms with Gasteiger partial charge in [0.05, 0.1) is 6.54 Å². The number of carbonyl (C=O) groups is 1. The Morgan fingerprint density at radius 3 is 2.80 bits per heavy atom. The second-order valence-corrected chi connectivity index (χ2v) is 5.27. The number of hydrogen-bond donors (Lipinski definition) is 2. The zero-order valence-corrected chi connectivity index (χ0v) is 12.7. The van der Waals surface area contributed by atoms with Crippen molar-refractivity contribution in [1.29, 1.82) is 0 Å². The molecule has 5 nitrogen and oxygen atoms in total. The van der Waals surface area contributed by atoms with E-state index in [2.05, 4.69) is 12.2 Å². The number of amides is 1. The molecule has 1 aromatic heterocycles. The van der Waals surface area contributed by atoms with Crippen molar-refractivity contribution in [3.05, 3.63) is 23.7 Å². The van der Waals surface area contributed by atoms with E-state index in [4.69, 9.17) is 9.15 Å². The molecule has 2 N–H and O–H groups in total. The molecule has 0 saturated carbocycles. The topological polar surface area (TPSA) is 71.7 Å². The van der Waals surface area contributed by atoms with Crippen LogP contribution in [0, 0.1) is 6.92 Å². The molecule has 0 saturated heterocycles. The lowest BCUT2D eigenvalue weighted by Crippen LogP contribution is -2.42. The molecule has 5 heteroatoms. The summed E-state index contributed by atoms with van der Waals surface area (Å²) in [6.45, 7) is 7.84. The Morgan fingerprint density at radius 2 is 2.25 bits per heavy atom. The molecule has 1 rings (SSSR count). The summed E-state index contributed by atoms with van der Waals surface area (Å²) in [4.78, 5) is 11.8. The molecule has 0 aliphatic heterocycles. The minimum Gasteiger partial charge on any atom is -0.463 e. The number of ether oxygens (including phenoxy) is 1. The fraction of sp³-hybridized carbons (Fsp3) is 0.667. The van der Waals surface area contributed by atoms with E-state index in [0.717, 1.165) is 18.6 Å². The van der Waals surface area contributed by atoms with Crippen LogP contribution in [0.5, 0.6) is 0 Å². The Balaban J connectivity index is 2.43. The quantitative estimate of drug-likeness (QED) is 0.717. The van der Waals surface area contributed by atoms with Crippen molar-refractivity contribution in [2.24, 2.45) is 0 Å². The first kappa shape index (κ1) is 16.7. The smallest absolute Gasteiger partial charge is 0.248 e. The normalized spacial score (nSPS) is 15.7. The predicted molar refractivity (Wildman–Crippen MR) is 76.3 cm³/mol. The molecule has 1 heterocycles. The Hall–Kier alpha value is -1.33. The molecule has 2 unspecified atom stereocenters. The van der Waals surface area contributed by atoms with Crippen molar-refractivity contribution in [3.8, 4) is 0 Å². The van der Waals surface area contributed by atoms with Gasteiger partial charge >= 0.3 is 0 Å². The van der Waals surface area contributed by atoms with Gasteiger partial charge in [-0.05, 0) is 39.3 Å². The summed E-state index contributed by atoms with van der Waals surface area (Å²) in [7, 11) is 0. The lowest BCUT2D eigenvalue weighted by molar-refractivity contribution is -0.133. The van der Waals surface area contributed by atoms with Crippen LogP contribution in [-0.4, -0.2) is 30.3 Å². The SMILES string of the molecule is CCCCOC(C)C(=O)NCC(C)(O)c1ccc(C)o1. The molecule has 114 valence electrons. The van der Waals surface area contributed by atoms with E-state index in [0.29, 0.717) is 12.4 Å². The third-order valence-electron chi connectivity index (χ3n) is 3.11. The fourth-order valence-corrected chi connectivity index (χ4v) is 1.69. The highest BCUT2D eigenvalue weighted by molar-refractivity contribution is 5.80. The fourth-order valence-electron chi connectivity index (χ4n) is 1.69. The van der Waals surface area contributed by atoms with E-state index >= 15 is 0 Å². The maximum absolute atomic E-state index is 11.8. The number of aryl methyl sites for hydroxylation is 1. The minimum atomic E-state index is -1.23. The van der Waals surface area contributed by atoms with Crippen LogP contribution in [-0.2, 0) is 15.1 Å². The van der Waals surface area contributed by atoms with Crippen molar-refractivity contribution in [1.82, 2.24) is 5.32 Å². The summed E-state index contributed by atoms with van der Waals surface area (Å²) >= 11 is 0. The van der Waals surface area contributed by atoms with Gasteiger partial charge in [0.15, 0.2) is 0 Å². The highest BCUT2D eigenvalue weighted by Crippen LogP contribution is 2.21. The molecule has 20 heavy (non-hydrogen) atoms. The van der Waals surface area contributed by atoms with Crippen LogP contribution >= 0.6 is 0 Å². The van der Waals surface area contributed by atoms with Crippen LogP contribution in [0.15, 0.2) is 16.5 Å². The first-order chi connectivity index (χ1) is 9.36. The maximum Gasteiger partial charge on any atom is 0.248 e. The summed E-state index contributed by atoms with van der Waals surface area (Å²) < 4.78 is 10.8. The molecule has 1 amide bonds. The molecule has 0 aromatic carbocycles. The van der Waals surface area contributed by atoms with Crippen LogP contribution < -0.4 is 5.32 Å². The van der Waals surface area contributed by atoms with Crippen LogP contribution in [0.3, 0.4) is 0 Å². The van der Waals surface area contributed by atoms with E-state index in [9.17, 15) is 9.90 Å². The molecule has 0 spiro atoms. The van der Waals surface area contributed by atoms with E-state index in [-0.39, 0.29) is 12.5 Å². The molecule has 0 bridgehead atoms. The van der Waals surface area contributed by atoms with Crippen LogP contribution in [0.2, 0.25) is 0 Å². The molecular formula is C15H25NO4. The Morgan fingerprint density at radius 1 is 1.55 bits per heavy atom. The molecule has 0 aliphatic carbocycles. The highest BCUT2D eigenvalue weighted by Gasteiger charge is 2.28. The first-order valence-corrected chi connectivity index (χ1v) is 7.05. The average molecular weight is 283 g/mol. The van der Waals surface area contributed by atoms with Gasteiger partial charge in [-0.1, -0.05) is 13.3 Å².